The summed E-state index contributed by atoms with van der Waals surface area (Å²) < 4.78 is 18.3. The molecule has 0 fully saturated rings. The van der Waals surface area contributed by atoms with Crippen LogP contribution in [0.25, 0.3) is 0 Å². The SMILES string of the molecule is COCC(O)CN(C)C(=O)c1ccc(F)cc1I. The number of ether oxygens (including phenoxy) is 1. The lowest BCUT2D eigenvalue weighted by atomic mass is 10.2. The predicted octanol–water partition coefficient (Wildman–Crippen LogP) is 1.51. The van der Waals surface area contributed by atoms with Crippen LogP contribution in [0, 0.1) is 9.39 Å². The molecule has 0 bridgehead atoms. The summed E-state index contributed by atoms with van der Waals surface area (Å²) in [6, 6.07) is 3.99. The number of aliphatic hydroxyl groups is 1. The lowest BCUT2D eigenvalue weighted by molar-refractivity contribution is 0.0380. The first kappa shape index (κ1) is 15.3. The van der Waals surface area contributed by atoms with Crippen molar-refractivity contribution in [3.05, 3.63) is 33.1 Å². The number of amides is 1. The van der Waals surface area contributed by atoms with Crippen LogP contribution in [0.1, 0.15) is 10.4 Å². The van der Waals surface area contributed by atoms with Gasteiger partial charge in [0.1, 0.15) is 5.82 Å². The fourth-order valence-electron chi connectivity index (χ4n) is 1.51. The van der Waals surface area contributed by atoms with Gasteiger partial charge in [-0.2, -0.15) is 0 Å². The van der Waals surface area contributed by atoms with Gasteiger partial charge in [0.25, 0.3) is 5.91 Å². The fraction of sp³-hybridized carbons (Fsp3) is 0.417. The molecule has 0 saturated heterocycles. The number of halogens is 2. The molecule has 18 heavy (non-hydrogen) atoms. The zero-order chi connectivity index (χ0) is 13.7. The van der Waals surface area contributed by atoms with Crippen LogP contribution >= 0.6 is 22.6 Å². The van der Waals surface area contributed by atoms with Crippen molar-refractivity contribution >= 4 is 28.5 Å². The molecule has 1 atom stereocenters. The van der Waals surface area contributed by atoms with Gasteiger partial charge in [0.2, 0.25) is 0 Å². The molecule has 0 spiro atoms. The Hall–Kier alpha value is -0.730. The maximum atomic E-state index is 12.9. The Morgan fingerprint density at radius 1 is 1.61 bits per heavy atom. The van der Waals surface area contributed by atoms with Crippen LogP contribution in [0.4, 0.5) is 4.39 Å². The van der Waals surface area contributed by atoms with Gasteiger partial charge in [-0.05, 0) is 40.8 Å². The van der Waals surface area contributed by atoms with Crippen molar-refractivity contribution in [2.45, 2.75) is 6.10 Å². The summed E-state index contributed by atoms with van der Waals surface area (Å²) in [6.45, 7) is 0.332. The lowest BCUT2D eigenvalue weighted by Gasteiger charge is -2.21. The van der Waals surface area contributed by atoms with Crippen LogP contribution in [0.15, 0.2) is 18.2 Å². The molecule has 1 N–H and O–H groups in total. The van der Waals surface area contributed by atoms with Gasteiger partial charge < -0.3 is 14.7 Å². The van der Waals surface area contributed by atoms with Crippen molar-refractivity contribution in [3.63, 3.8) is 0 Å². The number of nitrogens with zero attached hydrogens (tertiary/aromatic N) is 1. The lowest BCUT2D eigenvalue weighted by Crippen LogP contribution is -2.36. The summed E-state index contributed by atoms with van der Waals surface area (Å²) in [5.41, 5.74) is 0.420. The third-order valence-electron chi connectivity index (χ3n) is 2.35. The molecule has 1 amide bonds. The van der Waals surface area contributed by atoms with E-state index in [-0.39, 0.29) is 24.9 Å². The number of hydrogen-bond donors (Lipinski definition) is 1. The third-order valence-corrected chi connectivity index (χ3v) is 3.24. The van der Waals surface area contributed by atoms with Gasteiger partial charge in [0.05, 0.1) is 18.3 Å². The molecule has 6 heteroatoms. The number of carbonyl (C=O) groups is 1. The molecular formula is C12H15FINO3. The molecule has 100 valence electrons. The number of aliphatic hydroxyl groups excluding tert-OH is 1. The van der Waals surface area contributed by atoms with Crippen molar-refractivity contribution in [2.75, 3.05) is 27.3 Å². The Bertz CT molecular complexity index is 428. The van der Waals surface area contributed by atoms with Gasteiger partial charge >= 0.3 is 0 Å². The molecular weight excluding hydrogens is 352 g/mol. The van der Waals surface area contributed by atoms with Crippen LogP contribution in [0.5, 0.6) is 0 Å². The molecule has 1 unspecified atom stereocenters. The van der Waals surface area contributed by atoms with Gasteiger partial charge in [-0.25, -0.2) is 4.39 Å². The standard InChI is InChI=1S/C12H15FINO3/c1-15(6-9(16)7-18-2)12(17)10-4-3-8(13)5-11(10)14/h3-5,9,16H,6-7H2,1-2H3. The first-order valence-corrected chi connectivity index (χ1v) is 6.41. The van der Waals surface area contributed by atoms with Crippen molar-refractivity contribution in [1.29, 1.82) is 0 Å². The molecule has 1 aromatic carbocycles. The molecule has 0 radical (unpaired) electrons. The number of rotatable bonds is 5. The van der Waals surface area contributed by atoms with Crippen LogP contribution in [0.2, 0.25) is 0 Å². The van der Waals surface area contributed by atoms with Gasteiger partial charge in [0, 0.05) is 24.3 Å². The summed E-state index contributed by atoms with van der Waals surface area (Å²) in [5.74, 6) is -0.632. The van der Waals surface area contributed by atoms with E-state index in [9.17, 15) is 14.3 Å². The van der Waals surface area contributed by atoms with E-state index in [0.29, 0.717) is 9.13 Å². The fourth-order valence-corrected chi connectivity index (χ4v) is 2.22. The molecule has 0 aromatic heterocycles. The van der Waals surface area contributed by atoms with Gasteiger partial charge in [-0.3, -0.25) is 4.79 Å². The molecule has 0 saturated carbocycles. The molecule has 0 aliphatic carbocycles. The normalized spacial score (nSPS) is 12.3. The molecule has 1 rings (SSSR count). The predicted molar refractivity (Wildman–Crippen MR) is 74.0 cm³/mol. The van der Waals surface area contributed by atoms with Crippen molar-refractivity contribution in [1.82, 2.24) is 4.90 Å². The Morgan fingerprint density at radius 2 is 2.28 bits per heavy atom. The highest BCUT2D eigenvalue weighted by molar-refractivity contribution is 14.1. The largest absolute Gasteiger partial charge is 0.389 e. The number of benzene rings is 1. The Morgan fingerprint density at radius 3 is 2.83 bits per heavy atom. The summed E-state index contributed by atoms with van der Waals surface area (Å²) in [4.78, 5) is 13.5. The van der Waals surface area contributed by atoms with Crippen molar-refractivity contribution < 1.29 is 19.0 Å². The first-order valence-electron chi connectivity index (χ1n) is 5.33. The average molecular weight is 367 g/mol. The highest BCUT2D eigenvalue weighted by Crippen LogP contribution is 2.15. The van der Waals surface area contributed by atoms with E-state index in [4.69, 9.17) is 4.74 Å². The average Bonchev–Trinajstić information content (AvgIpc) is 2.28. The molecule has 0 aliphatic heterocycles. The minimum Gasteiger partial charge on any atom is -0.389 e. The van der Waals surface area contributed by atoms with E-state index >= 15 is 0 Å². The summed E-state index contributed by atoms with van der Waals surface area (Å²) in [6.07, 6.45) is -0.734. The van der Waals surface area contributed by atoms with E-state index < -0.39 is 6.10 Å². The molecule has 0 heterocycles. The second-order valence-electron chi connectivity index (χ2n) is 3.92. The Kier molecular flexibility index (Phi) is 5.97. The number of carbonyl (C=O) groups excluding carboxylic acids is 1. The smallest absolute Gasteiger partial charge is 0.254 e. The third kappa shape index (κ3) is 4.18. The number of methoxy groups -OCH3 is 1. The minimum absolute atomic E-state index is 0.165. The maximum Gasteiger partial charge on any atom is 0.254 e. The van der Waals surface area contributed by atoms with E-state index in [1.54, 1.807) is 7.05 Å². The van der Waals surface area contributed by atoms with Crippen molar-refractivity contribution in [2.24, 2.45) is 0 Å². The second kappa shape index (κ2) is 7.01. The van der Waals surface area contributed by atoms with E-state index in [2.05, 4.69) is 0 Å². The maximum absolute atomic E-state index is 12.9. The number of hydrogen-bond acceptors (Lipinski definition) is 3. The monoisotopic (exact) mass is 367 g/mol. The highest BCUT2D eigenvalue weighted by atomic mass is 127. The van der Waals surface area contributed by atoms with Gasteiger partial charge in [0.15, 0.2) is 0 Å². The van der Waals surface area contributed by atoms with Gasteiger partial charge in [-0.15, -0.1) is 0 Å². The molecule has 1 aromatic rings. The molecule has 0 aliphatic rings. The minimum atomic E-state index is -0.734. The molecule has 4 nitrogen and oxygen atoms in total. The quantitative estimate of drug-likeness (QED) is 0.803. The Labute approximate surface area is 119 Å². The zero-order valence-corrected chi connectivity index (χ0v) is 12.3. The summed E-state index contributed by atoms with van der Waals surface area (Å²) in [5, 5.41) is 9.55. The van der Waals surface area contributed by atoms with E-state index in [1.165, 1.54) is 30.2 Å². The second-order valence-corrected chi connectivity index (χ2v) is 5.08. The summed E-state index contributed by atoms with van der Waals surface area (Å²) in [7, 11) is 3.06. The Balaban J connectivity index is 2.74. The van der Waals surface area contributed by atoms with Crippen LogP contribution in [-0.2, 0) is 4.74 Å². The van der Waals surface area contributed by atoms with Gasteiger partial charge in [-0.1, -0.05) is 0 Å². The van der Waals surface area contributed by atoms with Crippen molar-refractivity contribution in [3.8, 4) is 0 Å². The van der Waals surface area contributed by atoms with E-state index in [0.717, 1.165) is 0 Å². The first-order chi connectivity index (χ1) is 8.45. The van der Waals surface area contributed by atoms with Crippen LogP contribution < -0.4 is 0 Å². The zero-order valence-electron chi connectivity index (χ0n) is 10.2. The van der Waals surface area contributed by atoms with Crippen LogP contribution in [-0.4, -0.2) is 49.3 Å². The van der Waals surface area contributed by atoms with E-state index in [1.807, 2.05) is 22.6 Å². The summed E-state index contributed by atoms with van der Waals surface area (Å²) >= 11 is 1.91. The highest BCUT2D eigenvalue weighted by Gasteiger charge is 2.17. The number of likely N-dealkylation sites (N-methyl/N-ethyl adjacent to an activating group) is 1. The topological polar surface area (TPSA) is 49.8 Å². The van der Waals surface area contributed by atoms with Crippen LogP contribution in [0.3, 0.4) is 0 Å².